The number of thiazole rings is 1. The number of nitrogens with zero attached hydrogens (tertiary/aromatic N) is 1. The molecule has 0 bridgehead atoms. The summed E-state index contributed by atoms with van der Waals surface area (Å²) < 4.78 is 13.4. The Hall–Kier alpha value is -0.970. The van der Waals surface area contributed by atoms with Crippen molar-refractivity contribution in [3.8, 4) is 0 Å². The van der Waals surface area contributed by atoms with E-state index in [9.17, 15) is 4.39 Å². The van der Waals surface area contributed by atoms with Gasteiger partial charge in [-0.3, -0.25) is 0 Å². The molecule has 0 aliphatic carbocycles. The summed E-state index contributed by atoms with van der Waals surface area (Å²) in [5.74, 6) is -0.372. The zero-order valence-corrected chi connectivity index (χ0v) is 12.5. The first kappa shape index (κ1) is 14.4. The van der Waals surface area contributed by atoms with Gasteiger partial charge in [-0.15, -0.1) is 11.3 Å². The molecule has 1 unspecified atom stereocenters. The van der Waals surface area contributed by atoms with Crippen LogP contribution >= 0.6 is 22.9 Å². The maximum Gasteiger partial charge on any atom is 0.142 e. The predicted octanol–water partition coefficient (Wildman–Crippen LogP) is 4.14. The molecule has 0 aliphatic heterocycles. The molecule has 2 aromatic rings. The molecule has 19 heavy (non-hydrogen) atoms. The van der Waals surface area contributed by atoms with E-state index < -0.39 is 0 Å². The number of aromatic nitrogens is 1. The van der Waals surface area contributed by atoms with Crippen molar-refractivity contribution in [2.75, 3.05) is 6.54 Å². The molecular weight excluding hydrogens is 283 g/mol. The second kappa shape index (κ2) is 6.46. The Morgan fingerprint density at radius 1 is 1.47 bits per heavy atom. The van der Waals surface area contributed by atoms with Crippen LogP contribution in [0.5, 0.6) is 0 Å². The standard InChI is InChI=1S/C14H16ClFN2S/c1-9-8-19-14(18-9)5-6-17-10(2)11-3-4-12(15)13(16)7-11/h3-4,7-8,10,17H,5-6H2,1-2H3. The average Bonchev–Trinajstić information content (AvgIpc) is 2.78. The monoisotopic (exact) mass is 298 g/mol. The van der Waals surface area contributed by atoms with Gasteiger partial charge in [-0.2, -0.15) is 0 Å². The van der Waals surface area contributed by atoms with Gasteiger partial charge in [0.1, 0.15) is 5.82 Å². The minimum Gasteiger partial charge on any atom is -0.310 e. The largest absolute Gasteiger partial charge is 0.310 e. The summed E-state index contributed by atoms with van der Waals surface area (Å²) in [6.07, 6.45) is 0.888. The summed E-state index contributed by atoms with van der Waals surface area (Å²) in [4.78, 5) is 4.41. The molecule has 0 fully saturated rings. The van der Waals surface area contributed by atoms with Crippen molar-refractivity contribution in [1.82, 2.24) is 10.3 Å². The Kier molecular flexibility index (Phi) is 4.91. The first-order valence-corrected chi connectivity index (χ1v) is 7.41. The second-order valence-corrected chi connectivity index (χ2v) is 5.83. The van der Waals surface area contributed by atoms with Gasteiger partial charge in [0, 0.05) is 30.1 Å². The van der Waals surface area contributed by atoms with Gasteiger partial charge in [-0.1, -0.05) is 17.7 Å². The van der Waals surface area contributed by atoms with Crippen molar-refractivity contribution in [2.24, 2.45) is 0 Å². The van der Waals surface area contributed by atoms with Crippen molar-refractivity contribution in [2.45, 2.75) is 26.3 Å². The highest BCUT2D eigenvalue weighted by Gasteiger charge is 2.08. The van der Waals surface area contributed by atoms with E-state index in [0.29, 0.717) is 0 Å². The van der Waals surface area contributed by atoms with Crippen LogP contribution in [0, 0.1) is 12.7 Å². The first-order chi connectivity index (χ1) is 9.06. The van der Waals surface area contributed by atoms with E-state index in [-0.39, 0.29) is 16.9 Å². The minimum atomic E-state index is -0.372. The third-order valence-electron chi connectivity index (χ3n) is 2.90. The Morgan fingerprint density at radius 3 is 2.89 bits per heavy atom. The lowest BCUT2D eigenvalue weighted by Gasteiger charge is -2.14. The van der Waals surface area contributed by atoms with Gasteiger partial charge < -0.3 is 5.32 Å². The van der Waals surface area contributed by atoms with Crippen molar-refractivity contribution in [3.63, 3.8) is 0 Å². The third kappa shape index (κ3) is 4.00. The summed E-state index contributed by atoms with van der Waals surface area (Å²) >= 11 is 7.34. The van der Waals surface area contributed by atoms with Crippen molar-refractivity contribution < 1.29 is 4.39 Å². The van der Waals surface area contributed by atoms with Crippen LogP contribution in [-0.4, -0.2) is 11.5 Å². The summed E-state index contributed by atoms with van der Waals surface area (Å²) in [6.45, 7) is 4.82. The molecule has 2 rings (SSSR count). The molecule has 0 saturated carbocycles. The summed E-state index contributed by atoms with van der Waals surface area (Å²) in [5, 5.41) is 6.70. The van der Waals surface area contributed by atoms with Crippen LogP contribution in [0.4, 0.5) is 4.39 Å². The molecule has 5 heteroatoms. The molecule has 102 valence electrons. The van der Waals surface area contributed by atoms with E-state index in [1.165, 1.54) is 6.07 Å². The molecule has 0 amide bonds. The number of hydrogen-bond acceptors (Lipinski definition) is 3. The summed E-state index contributed by atoms with van der Waals surface area (Å²) in [7, 11) is 0. The lowest BCUT2D eigenvalue weighted by molar-refractivity contribution is 0.566. The molecule has 1 aromatic carbocycles. The lowest BCUT2D eigenvalue weighted by atomic mass is 10.1. The van der Waals surface area contributed by atoms with Gasteiger partial charge in [-0.05, 0) is 31.5 Å². The van der Waals surface area contributed by atoms with Crippen LogP contribution in [0.15, 0.2) is 23.6 Å². The third-order valence-corrected chi connectivity index (χ3v) is 4.23. The Balaban J connectivity index is 1.86. The van der Waals surface area contributed by atoms with Gasteiger partial charge >= 0.3 is 0 Å². The Bertz CT molecular complexity index is 556. The van der Waals surface area contributed by atoms with Crippen LogP contribution in [0.2, 0.25) is 5.02 Å². The van der Waals surface area contributed by atoms with Crippen LogP contribution < -0.4 is 5.32 Å². The lowest BCUT2D eigenvalue weighted by Crippen LogP contribution is -2.21. The average molecular weight is 299 g/mol. The van der Waals surface area contributed by atoms with Gasteiger partial charge in [0.15, 0.2) is 0 Å². The molecule has 1 aromatic heterocycles. The number of hydrogen-bond donors (Lipinski definition) is 1. The molecule has 0 aliphatic rings. The van der Waals surface area contributed by atoms with E-state index in [4.69, 9.17) is 11.6 Å². The number of benzene rings is 1. The quantitative estimate of drug-likeness (QED) is 0.897. The molecule has 1 atom stereocenters. The molecule has 1 N–H and O–H groups in total. The van der Waals surface area contributed by atoms with Gasteiger partial charge in [0.2, 0.25) is 0 Å². The highest BCUT2D eigenvalue weighted by atomic mass is 35.5. The molecule has 0 radical (unpaired) electrons. The first-order valence-electron chi connectivity index (χ1n) is 6.15. The summed E-state index contributed by atoms with van der Waals surface area (Å²) in [6, 6.07) is 5.01. The molecular formula is C14H16ClFN2S. The summed E-state index contributed by atoms with van der Waals surface area (Å²) in [5.41, 5.74) is 1.96. The van der Waals surface area contributed by atoms with Crippen LogP contribution in [0.25, 0.3) is 0 Å². The van der Waals surface area contributed by atoms with Gasteiger partial charge in [0.25, 0.3) is 0 Å². The van der Waals surface area contributed by atoms with Crippen molar-refractivity contribution in [3.05, 3.63) is 50.7 Å². The van der Waals surface area contributed by atoms with E-state index in [0.717, 1.165) is 29.2 Å². The topological polar surface area (TPSA) is 24.9 Å². The number of nitrogens with one attached hydrogen (secondary N) is 1. The van der Waals surface area contributed by atoms with Gasteiger partial charge in [-0.25, -0.2) is 9.37 Å². The molecule has 1 heterocycles. The molecule has 2 nitrogen and oxygen atoms in total. The fraction of sp³-hybridized carbons (Fsp3) is 0.357. The zero-order valence-electron chi connectivity index (χ0n) is 10.9. The van der Waals surface area contributed by atoms with Crippen molar-refractivity contribution >= 4 is 22.9 Å². The van der Waals surface area contributed by atoms with Crippen LogP contribution in [-0.2, 0) is 6.42 Å². The van der Waals surface area contributed by atoms with E-state index in [1.807, 2.05) is 25.3 Å². The fourth-order valence-electron chi connectivity index (χ4n) is 1.81. The van der Waals surface area contributed by atoms with E-state index >= 15 is 0 Å². The number of halogens is 2. The highest BCUT2D eigenvalue weighted by molar-refractivity contribution is 7.09. The van der Waals surface area contributed by atoms with Crippen LogP contribution in [0.1, 0.15) is 29.2 Å². The number of rotatable bonds is 5. The normalized spacial score (nSPS) is 12.6. The second-order valence-electron chi connectivity index (χ2n) is 4.48. The SMILES string of the molecule is Cc1csc(CCNC(C)c2ccc(Cl)c(F)c2)n1. The van der Waals surface area contributed by atoms with Crippen molar-refractivity contribution in [1.29, 1.82) is 0 Å². The van der Waals surface area contributed by atoms with Crippen LogP contribution in [0.3, 0.4) is 0 Å². The fourth-order valence-corrected chi connectivity index (χ4v) is 2.71. The highest BCUT2D eigenvalue weighted by Crippen LogP contribution is 2.20. The molecule has 0 spiro atoms. The maximum absolute atomic E-state index is 13.4. The Morgan fingerprint density at radius 2 is 2.26 bits per heavy atom. The smallest absolute Gasteiger partial charge is 0.142 e. The Labute approximate surface area is 121 Å². The minimum absolute atomic E-state index is 0.0906. The molecule has 0 saturated heterocycles. The number of aryl methyl sites for hydroxylation is 1. The predicted molar refractivity (Wildman–Crippen MR) is 78.4 cm³/mol. The zero-order chi connectivity index (χ0) is 13.8. The van der Waals surface area contributed by atoms with Gasteiger partial charge in [0.05, 0.1) is 10.0 Å². The van der Waals surface area contributed by atoms with E-state index in [1.54, 1.807) is 17.4 Å². The van der Waals surface area contributed by atoms with E-state index in [2.05, 4.69) is 10.3 Å². The maximum atomic E-state index is 13.4.